The highest BCUT2D eigenvalue weighted by atomic mass is 32.1. The molecule has 0 saturated heterocycles. The van der Waals surface area contributed by atoms with Crippen molar-refractivity contribution in [2.24, 2.45) is 0 Å². The quantitative estimate of drug-likeness (QED) is 0.860. The standard InChI is InChI=1S/C14H21N3S/c1-4-11(2)17-8-7-13(16-17)10-15-12(3)14-6-5-9-18-14/h5-9,11-12,15H,4,10H2,1-3H3/t11?,12-/m1/s1. The molecule has 0 amide bonds. The number of rotatable bonds is 6. The summed E-state index contributed by atoms with van der Waals surface area (Å²) in [6.45, 7) is 7.39. The molecular weight excluding hydrogens is 242 g/mol. The van der Waals surface area contributed by atoms with Crippen LogP contribution >= 0.6 is 11.3 Å². The molecule has 0 bridgehead atoms. The van der Waals surface area contributed by atoms with Gasteiger partial charge in [-0.05, 0) is 37.8 Å². The van der Waals surface area contributed by atoms with Crippen molar-refractivity contribution >= 4 is 11.3 Å². The predicted octanol–water partition coefficient (Wildman–Crippen LogP) is 3.77. The van der Waals surface area contributed by atoms with Gasteiger partial charge in [0.05, 0.1) is 5.69 Å². The first-order valence-corrected chi connectivity index (χ1v) is 7.39. The predicted molar refractivity (Wildman–Crippen MR) is 76.8 cm³/mol. The Balaban J connectivity index is 1.88. The van der Waals surface area contributed by atoms with Crippen LogP contribution < -0.4 is 5.32 Å². The van der Waals surface area contributed by atoms with Crippen LogP contribution in [-0.2, 0) is 6.54 Å². The summed E-state index contributed by atoms with van der Waals surface area (Å²) in [5.74, 6) is 0. The Morgan fingerprint density at radius 2 is 2.22 bits per heavy atom. The van der Waals surface area contributed by atoms with Gasteiger partial charge in [0.1, 0.15) is 0 Å². The highest BCUT2D eigenvalue weighted by Gasteiger charge is 2.08. The lowest BCUT2D eigenvalue weighted by Gasteiger charge is -2.11. The van der Waals surface area contributed by atoms with Crippen LogP contribution in [0, 0.1) is 0 Å². The largest absolute Gasteiger partial charge is 0.304 e. The fourth-order valence-corrected chi connectivity index (χ4v) is 2.56. The number of hydrogen-bond donors (Lipinski definition) is 1. The molecule has 0 aliphatic heterocycles. The van der Waals surface area contributed by atoms with E-state index in [2.05, 4.69) is 61.0 Å². The monoisotopic (exact) mass is 263 g/mol. The number of nitrogens with zero attached hydrogens (tertiary/aromatic N) is 2. The molecule has 0 spiro atoms. The summed E-state index contributed by atoms with van der Waals surface area (Å²) in [5, 5.41) is 10.2. The first-order valence-electron chi connectivity index (χ1n) is 6.51. The van der Waals surface area contributed by atoms with Crippen LogP contribution in [-0.4, -0.2) is 9.78 Å². The van der Waals surface area contributed by atoms with E-state index in [0.29, 0.717) is 12.1 Å². The smallest absolute Gasteiger partial charge is 0.0762 e. The van der Waals surface area contributed by atoms with Gasteiger partial charge >= 0.3 is 0 Å². The second-order valence-electron chi connectivity index (χ2n) is 4.66. The zero-order valence-corrected chi connectivity index (χ0v) is 12.1. The topological polar surface area (TPSA) is 29.9 Å². The number of thiophene rings is 1. The second-order valence-corrected chi connectivity index (χ2v) is 5.64. The van der Waals surface area contributed by atoms with E-state index in [-0.39, 0.29) is 0 Å². The lowest BCUT2D eigenvalue weighted by atomic mass is 10.2. The summed E-state index contributed by atoms with van der Waals surface area (Å²) in [4.78, 5) is 1.37. The third kappa shape index (κ3) is 3.21. The van der Waals surface area contributed by atoms with Crippen LogP contribution in [0.5, 0.6) is 0 Å². The fraction of sp³-hybridized carbons (Fsp3) is 0.500. The molecule has 2 aromatic heterocycles. The molecule has 0 aliphatic carbocycles. The molecule has 0 fully saturated rings. The molecule has 2 atom stereocenters. The van der Waals surface area contributed by atoms with Crippen LogP contribution in [0.3, 0.4) is 0 Å². The minimum atomic E-state index is 0.388. The van der Waals surface area contributed by atoms with Gasteiger partial charge in [-0.3, -0.25) is 4.68 Å². The Bertz CT molecular complexity index is 461. The molecule has 3 nitrogen and oxygen atoms in total. The average molecular weight is 263 g/mol. The molecular formula is C14H21N3S. The molecule has 98 valence electrons. The van der Waals surface area contributed by atoms with Crippen molar-refractivity contribution in [2.45, 2.75) is 45.8 Å². The zero-order chi connectivity index (χ0) is 13.0. The van der Waals surface area contributed by atoms with Crippen LogP contribution in [0.1, 0.15) is 49.8 Å². The molecule has 2 aromatic rings. The molecule has 2 rings (SSSR count). The van der Waals surface area contributed by atoms with E-state index in [0.717, 1.165) is 18.7 Å². The van der Waals surface area contributed by atoms with Gasteiger partial charge in [-0.1, -0.05) is 13.0 Å². The van der Waals surface area contributed by atoms with Crippen LogP contribution in [0.4, 0.5) is 0 Å². The van der Waals surface area contributed by atoms with Crippen molar-refractivity contribution in [1.29, 1.82) is 0 Å². The highest BCUT2D eigenvalue weighted by Crippen LogP contribution is 2.18. The molecule has 0 saturated carbocycles. The van der Waals surface area contributed by atoms with Gasteiger partial charge in [0.2, 0.25) is 0 Å². The minimum Gasteiger partial charge on any atom is -0.304 e. The first kappa shape index (κ1) is 13.3. The van der Waals surface area contributed by atoms with E-state index in [1.807, 2.05) is 4.68 Å². The lowest BCUT2D eigenvalue weighted by molar-refractivity contribution is 0.468. The van der Waals surface area contributed by atoms with Gasteiger partial charge in [0.25, 0.3) is 0 Å². The molecule has 0 aliphatic rings. The maximum Gasteiger partial charge on any atom is 0.0762 e. The Hall–Kier alpha value is -1.13. The van der Waals surface area contributed by atoms with Gasteiger partial charge in [-0.15, -0.1) is 11.3 Å². The van der Waals surface area contributed by atoms with Crippen molar-refractivity contribution in [3.8, 4) is 0 Å². The summed E-state index contributed by atoms with van der Waals surface area (Å²) < 4.78 is 2.05. The Kier molecular flexibility index (Phi) is 4.55. The molecule has 18 heavy (non-hydrogen) atoms. The van der Waals surface area contributed by atoms with Crippen molar-refractivity contribution in [2.75, 3.05) is 0 Å². The first-order chi connectivity index (χ1) is 8.70. The molecule has 1 N–H and O–H groups in total. The highest BCUT2D eigenvalue weighted by molar-refractivity contribution is 7.10. The van der Waals surface area contributed by atoms with Gasteiger partial charge in [0.15, 0.2) is 0 Å². The molecule has 4 heteroatoms. The number of nitrogens with one attached hydrogen (secondary N) is 1. The van der Waals surface area contributed by atoms with E-state index < -0.39 is 0 Å². The van der Waals surface area contributed by atoms with Crippen molar-refractivity contribution in [1.82, 2.24) is 15.1 Å². The Morgan fingerprint density at radius 3 is 2.89 bits per heavy atom. The van der Waals surface area contributed by atoms with E-state index in [9.17, 15) is 0 Å². The third-order valence-electron chi connectivity index (χ3n) is 3.27. The van der Waals surface area contributed by atoms with E-state index >= 15 is 0 Å². The van der Waals surface area contributed by atoms with Crippen molar-refractivity contribution < 1.29 is 0 Å². The van der Waals surface area contributed by atoms with Crippen molar-refractivity contribution in [3.05, 3.63) is 40.3 Å². The van der Waals surface area contributed by atoms with Crippen LogP contribution in [0.25, 0.3) is 0 Å². The van der Waals surface area contributed by atoms with Gasteiger partial charge < -0.3 is 5.32 Å². The lowest BCUT2D eigenvalue weighted by Crippen LogP contribution is -2.17. The molecule has 0 radical (unpaired) electrons. The van der Waals surface area contributed by atoms with E-state index in [1.165, 1.54) is 4.88 Å². The Morgan fingerprint density at radius 1 is 1.39 bits per heavy atom. The van der Waals surface area contributed by atoms with Crippen molar-refractivity contribution in [3.63, 3.8) is 0 Å². The summed E-state index contributed by atoms with van der Waals surface area (Å²) >= 11 is 1.79. The van der Waals surface area contributed by atoms with E-state index in [1.54, 1.807) is 11.3 Å². The minimum absolute atomic E-state index is 0.388. The van der Waals surface area contributed by atoms with Gasteiger partial charge in [-0.2, -0.15) is 5.10 Å². The van der Waals surface area contributed by atoms with E-state index in [4.69, 9.17) is 0 Å². The third-order valence-corrected chi connectivity index (χ3v) is 4.32. The SMILES string of the molecule is CCC(C)n1ccc(CN[C@H](C)c2cccs2)n1. The number of hydrogen-bond acceptors (Lipinski definition) is 3. The number of aromatic nitrogens is 2. The van der Waals surface area contributed by atoms with Gasteiger partial charge in [-0.25, -0.2) is 0 Å². The summed E-state index contributed by atoms with van der Waals surface area (Å²) in [5.41, 5.74) is 1.11. The maximum absolute atomic E-state index is 4.59. The zero-order valence-electron chi connectivity index (χ0n) is 11.3. The molecule has 2 heterocycles. The van der Waals surface area contributed by atoms with Crippen LogP contribution in [0.2, 0.25) is 0 Å². The molecule has 0 aromatic carbocycles. The fourth-order valence-electron chi connectivity index (χ4n) is 1.80. The Labute approximate surface area is 113 Å². The van der Waals surface area contributed by atoms with Gasteiger partial charge in [0, 0.05) is 29.7 Å². The summed E-state index contributed by atoms with van der Waals surface area (Å²) in [6, 6.07) is 7.23. The summed E-state index contributed by atoms with van der Waals surface area (Å²) in [6.07, 6.45) is 3.18. The second kappa shape index (κ2) is 6.16. The normalized spacial score (nSPS) is 14.6. The summed E-state index contributed by atoms with van der Waals surface area (Å²) in [7, 11) is 0. The van der Waals surface area contributed by atoms with Crippen LogP contribution in [0.15, 0.2) is 29.8 Å². The average Bonchev–Trinajstić information content (AvgIpc) is 3.05. The maximum atomic E-state index is 4.59. The molecule has 1 unspecified atom stereocenters.